The molecule has 2 aromatic rings. The average molecular weight is 224 g/mol. The molecular weight excluding hydrogens is 214 g/mol. The quantitative estimate of drug-likeness (QED) is 0.795. The zero-order valence-corrected chi connectivity index (χ0v) is 9.00. The number of benzene rings is 2. The number of hydrogen-bond acceptors (Lipinski definition) is 2. The van der Waals surface area contributed by atoms with Crippen LogP contribution in [0.2, 0.25) is 0 Å². The molecule has 0 spiro atoms. The molecule has 1 N–H and O–H groups in total. The Morgan fingerprint density at radius 3 is 2.35 bits per heavy atom. The number of rotatable bonds is 3. The number of hydrogen-bond donors (Lipinski definition) is 1. The number of nitrogens with one attached hydrogen (secondary N) is 1. The summed E-state index contributed by atoms with van der Waals surface area (Å²) < 4.78 is 0. The third-order valence-corrected chi connectivity index (χ3v) is 2.30. The fourth-order valence-corrected chi connectivity index (χ4v) is 1.45. The molecule has 2 aromatic carbocycles. The van der Waals surface area contributed by atoms with Crippen LogP contribution >= 0.6 is 0 Å². The highest BCUT2D eigenvalue weighted by atomic mass is 16.1. The minimum Gasteiger partial charge on any atom is -0.706 e. The molecule has 0 bridgehead atoms. The van der Waals surface area contributed by atoms with Crippen molar-refractivity contribution in [1.82, 2.24) is 0 Å². The van der Waals surface area contributed by atoms with Crippen LogP contribution in [0.15, 0.2) is 59.7 Å². The van der Waals surface area contributed by atoms with Crippen LogP contribution in [0.25, 0.3) is 5.53 Å². The van der Waals surface area contributed by atoms with Crippen molar-refractivity contribution >= 4 is 17.3 Å². The van der Waals surface area contributed by atoms with Gasteiger partial charge in [-0.05, 0) is 24.3 Å². The van der Waals surface area contributed by atoms with Crippen molar-refractivity contribution in [3.05, 3.63) is 65.7 Å². The summed E-state index contributed by atoms with van der Waals surface area (Å²) in [7, 11) is 0. The van der Waals surface area contributed by atoms with E-state index in [0.717, 1.165) is 0 Å². The molecular formula is C13H10N3O-. The maximum Gasteiger partial charge on any atom is 0.255 e. The highest BCUT2D eigenvalue weighted by molar-refractivity contribution is 6.05. The number of para-hydroxylation sites is 1. The zero-order chi connectivity index (χ0) is 12.1. The van der Waals surface area contributed by atoms with Gasteiger partial charge in [0.15, 0.2) is 0 Å². The number of nitrogens with zero attached hydrogens (tertiary/aromatic N) is 2. The second kappa shape index (κ2) is 5.03. The molecule has 17 heavy (non-hydrogen) atoms. The van der Waals surface area contributed by atoms with E-state index >= 15 is 0 Å². The van der Waals surface area contributed by atoms with Crippen molar-refractivity contribution in [2.45, 2.75) is 0 Å². The predicted octanol–water partition coefficient (Wildman–Crippen LogP) is 3.59. The second-order valence-corrected chi connectivity index (χ2v) is 3.44. The molecule has 4 nitrogen and oxygen atoms in total. The molecule has 2 rings (SSSR count). The Morgan fingerprint density at radius 2 is 1.65 bits per heavy atom. The summed E-state index contributed by atoms with van der Waals surface area (Å²) in [4.78, 5) is 11.8. The molecule has 0 aliphatic rings. The first-order chi connectivity index (χ1) is 8.31. The first-order valence-corrected chi connectivity index (χ1v) is 5.12. The summed E-state index contributed by atoms with van der Waals surface area (Å²) in [6, 6.07) is 15.6. The summed E-state index contributed by atoms with van der Waals surface area (Å²) in [5.74, 6) is -0.235. The van der Waals surface area contributed by atoms with Gasteiger partial charge in [-0.3, -0.25) is 4.79 Å². The third-order valence-electron chi connectivity index (χ3n) is 2.30. The Balaban J connectivity index is 2.22. The Kier molecular flexibility index (Phi) is 3.25. The van der Waals surface area contributed by atoms with Crippen molar-refractivity contribution in [3.63, 3.8) is 0 Å². The lowest BCUT2D eigenvalue weighted by molar-refractivity contribution is 0.102. The first kappa shape index (κ1) is 11.0. The van der Waals surface area contributed by atoms with E-state index in [9.17, 15) is 4.79 Å². The SMILES string of the molecule is [N-]=Nc1ccccc1NC(=O)c1ccccc1. The van der Waals surface area contributed by atoms with Crippen molar-refractivity contribution in [1.29, 1.82) is 0 Å². The normalized spacial score (nSPS) is 9.65. The van der Waals surface area contributed by atoms with Crippen LogP contribution in [0, 0.1) is 0 Å². The van der Waals surface area contributed by atoms with E-state index in [2.05, 4.69) is 10.4 Å². The van der Waals surface area contributed by atoms with E-state index < -0.39 is 0 Å². The van der Waals surface area contributed by atoms with Crippen LogP contribution in [0.3, 0.4) is 0 Å². The second-order valence-electron chi connectivity index (χ2n) is 3.44. The summed E-state index contributed by atoms with van der Waals surface area (Å²) in [6.45, 7) is 0. The molecule has 0 fully saturated rings. The largest absolute Gasteiger partial charge is 0.706 e. The number of amides is 1. The van der Waals surface area contributed by atoms with Crippen molar-refractivity contribution in [3.8, 4) is 0 Å². The molecule has 0 saturated carbocycles. The van der Waals surface area contributed by atoms with Gasteiger partial charge in [-0.25, -0.2) is 0 Å². The Morgan fingerprint density at radius 1 is 1.00 bits per heavy atom. The van der Waals surface area contributed by atoms with Gasteiger partial charge >= 0.3 is 0 Å². The van der Waals surface area contributed by atoms with E-state index in [4.69, 9.17) is 5.53 Å². The molecule has 0 heterocycles. The summed E-state index contributed by atoms with van der Waals surface area (Å²) in [6.07, 6.45) is 0. The molecule has 4 heteroatoms. The van der Waals surface area contributed by atoms with Crippen molar-refractivity contribution < 1.29 is 4.79 Å². The topological polar surface area (TPSA) is 63.8 Å². The van der Waals surface area contributed by atoms with Gasteiger partial charge in [0.1, 0.15) is 0 Å². The highest BCUT2D eigenvalue weighted by Crippen LogP contribution is 2.24. The lowest BCUT2D eigenvalue weighted by Crippen LogP contribution is -2.11. The molecule has 0 aliphatic carbocycles. The molecule has 0 aliphatic heterocycles. The number of anilines is 1. The van der Waals surface area contributed by atoms with Crippen molar-refractivity contribution in [2.75, 3.05) is 5.32 Å². The monoisotopic (exact) mass is 224 g/mol. The van der Waals surface area contributed by atoms with Gasteiger partial charge < -0.3 is 16.0 Å². The molecule has 0 aromatic heterocycles. The smallest absolute Gasteiger partial charge is 0.255 e. The van der Waals surface area contributed by atoms with E-state index in [1.54, 1.807) is 48.5 Å². The predicted molar refractivity (Wildman–Crippen MR) is 66.3 cm³/mol. The molecule has 0 unspecified atom stereocenters. The van der Waals surface area contributed by atoms with Crippen LogP contribution < -0.4 is 5.32 Å². The maximum atomic E-state index is 11.8. The Bertz CT molecular complexity index is 537. The fraction of sp³-hybridized carbons (Fsp3) is 0. The van der Waals surface area contributed by atoms with Gasteiger partial charge in [-0.2, -0.15) is 0 Å². The van der Waals surface area contributed by atoms with E-state index in [-0.39, 0.29) is 5.91 Å². The van der Waals surface area contributed by atoms with E-state index in [1.807, 2.05) is 6.07 Å². The van der Waals surface area contributed by atoms with Gasteiger partial charge in [0.25, 0.3) is 5.91 Å². The van der Waals surface area contributed by atoms with Gasteiger partial charge in [-0.1, -0.05) is 30.3 Å². The zero-order valence-electron chi connectivity index (χ0n) is 9.00. The molecule has 1 amide bonds. The fourth-order valence-electron chi connectivity index (χ4n) is 1.45. The van der Waals surface area contributed by atoms with Gasteiger partial charge in [0.2, 0.25) is 0 Å². The average Bonchev–Trinajstić information content (AvgIpc) is 2.40. The van der Waals surface area contributed by atoms with Gasteiger partial charge in [0.05, 0.1) is 11.4 Å². The summed E-state index contributed by atoms with van der Waals surface area (Å²) >= 11 is 0. The third kappa shape index (κ3) is 2.55. The van der Waals surface area contributed by atoms with Crippen LogP contribution in [-0.4, -0.2) is 5.91 Å². The van der Waals surface area contributed by atoms with Crippen molar-refractivity contribution in [2.24, 2.45) is 5.11 Å². The molecule has 0 atom stereocenters. The van der Waals surface area contributed by atoms with Crippen LogP contribution in [0.1, 0.15) is 10.4 Å². The van der Waals surface area contributed by atoms with Gasteiger partial charge in [-0.15, -0.1) is 0 Å². The van der Waals surface area contributed by atoms with Crippen LogP contribution in [0.5, 0.6) is 0 Å². The van der Waals surface area contributed by atoms with Crippen LogP contribution in [0.4, 0.5) is 11.4 Å². The molecule has 0 saturated heterocycles. The Labute approximate surface area is 98.8 Å². The van der Waals surface area contributed by atoms with Crippen LogP contribution in [-0.2, 0) is 0 Å². The lowest BCUT2D eigenvalue weighted by Gasteiger charge is -2.09. The Hall–Kier alpha value is -2.49. The number of carbonyl (C=O) groups is 1. The summed E-state index contributed by atoms with van der Waals surface area (Å²) in [5.41, 5.74) is 10.1. The first-order valence-electron chi connectivity index (χ1n) is 5.12. The van der Waals surface area contributed by atoms with E-state index in [1.165, 1.54) is 0 Å². The molecule has 84 valence electrons. The highest BCUT2D eigenvalue weighted by Gasteiger charge is 2.06. The molecule has 0 radical (unpaired) electrons. The lowest BCUT2D eigenvalue weighted by atomic mass is 10.2. The minimum atomic E-state index is -0.235. The number of carbonyl (C=O) groups excluding carboxylic acids is 1. The van der Waals surface area contributed by atoms with E-state index in [0.29, 0.717) is 16.9 Å². The minimum absolute atomic E-state index is 0.235. The van der Waals surface area contributed by atoms with Gasteiger partial charge in [0, 0.05) is 5.56 Å². The maximum absolute atomic E-state index is 11.8. The standard InChI is InChI=1S/C13H10N3O/c14-16-12-9-5-4-8-11(12)15-13(17)10-6-2-1-3-7-10/h1-9H,(H,15,17)/q-1. The summed E-state index contributed by atoms with van der Waals surface area (Å²) in [5, 5.41) is 5.79.